The first-order valence-electron chi connectivity index (χ1n) is 6.94. The second kappa shape index (κ2) is 5.98. The Bertz CT molecular complexity index is 572. The van der Waals surface area contributed by atoms with E-state index in [2.05, 4.69) is 39.1 Å². The van der Waals surface area contributed by atoms with E-state index in [-0.39, 0.29) is 0 Å². The average Bonchev–Trinajstić information content (AvgIpc) is 2.65. The third kappa shape index (κ3) is 3.13. The van der Waals surface area contributed by atoms with E-state index in [1.54, 1.807) is 0 Å². The van der Waals surface area contributed by atoms with Crippen LogP contribution in [0.1, 0.15) is 37.7 Å². The van der Waals surface area contributed by atoms with E-state index in [0.29, 0.717) is 10.9 Å². The van der Waals surface area contributed by atoms with Crippen LogP contribution in [0.2, 0.25) is 5.02 Å². The summed E-state index contributed by atoms with van der Waals surface area (Å²) >= 11 is 6.30. The van der Waals surface area contributed by atoms with Crippen molar-refractivity contribution in [1.29, 1.82) is 0 Å². The molecule has 104 valence electrons. The lowest BCUT2D eigenvalue weighted by Gasteiger charge is -2.06. The Hall–Kier alpha value is -0.990. The van der Waals surface area contributed by atoms with Crippen LogP contribution >= 0.6 is 11.6 Å². The zero-order valence-corrected chi connectivity index (χ0v) is 12.9. The zero-order chi connectivity index (χ0) is 14.0. The molecule has 0 aliphatic rings. The van der Waals surface area contributed by atoms with Gasteiger partial charge in [-0.1, -0.05) is 32.4 Å². The predicted molar refractivity (Wildman–Crippen MR) is 81.9 cm³/mol. The molecule has 0 atom stereocenters. The van der Waals surface area contributed by atoms with Crippen LogP contribution in [0.15, 0.2) is 16.5 Å². The van der Waals surface area contributed by atoms with Crippen molar-refractivity contribution in [3.63, 3.8) is 0 Å². The van der Waals surface area contributed by atoms with Gasteiger partial charge in [0.25, 0.3) is 0 Å². The first-order valence-corrected chi connectivity index (χ1v) is 7.31. The molecule has 0 saturated heterocycles. The Balaban J connectivity index is 2.56. The molecule has 0 fully saturated rings. The standard InChI is InChI=1S/C16H22ClNO/c1-5-18-9-15-12(6-10(2)3)13-7-11(4)8-14(17)16(13)19-15/h7-8,10,18H,5-6,9H2,1-4H3. The van der Waals surface area contributed by atoms with Gasteiger partial charge in [0.15, 0.2) is 5.58 Å². The maximum Gasteiger partial charge on any atom is 0.153 e. The molecule has 0 spiro atoms. The molecule has 0 unspecified atom stereocenters. The quantitative estimate of drug-likeness (QED) is 0.858. The third-order valence-electron chi connectivity index (χ3n) is 3.22. The Kier molecular flexibility index (Phi) is 4.54. The summed E-state index contributed by atoms with van der Waals surface area (Å²) in [7, 11) is 0. The summed E-state index contributed by atoms with van der Waals surface area (Å²) in [4.78, 5) is 0. The number of aryl methyl sites for hydroxylation is 1. The summed E-state index contributed by atoms with van der Waals surface area (Å²) in [5.74, 6) is 1.62. The lowest BCUT2D eigenvalue weighted by Crippen LogP contribution is -2.12. The van der Waals surface area contributed by atoms with Crippen molar-refractivity contribution in [2.45, 2.75) is 40.7 Å². The van der Waals surface area contributed by atoms with Gasteiger partial charge in [-0.05, 0) is 43.5 Å². The van der Waals surface area contributed by atoms with Crippen molar-refractivity contribution >= 4 is 22.6 Å². The van der Waals surface area contributed by atoms with Crippen LogP contribution in [-0.2, 0) is 13.0 Å². The summed E-state index contributed by atoms with van der Waals surface area (Å²) in [5.41, 5.74) is 3.31. The summed E-state index contributed by atoms with van der Waals surface area (Å²) in [5, 5.41) is 5.22. The molecule has 1 N–H and O–H groups in total. The Morgan fingerprint density at radius 2 is 2.05 bits per heavy atom. The van der Waals surface area contributed by atoms with Crippen LogP contribution in [0.4, 0.5) is 0 Å². The number of fused-ring (bicyclic) bond motifs is 1. The molecule has 1 aromatic carbocycles. The minimum atomic E-state index is 0.598. The minimum absolute atomic E-state index is 0.598. The topological polar surface area (TPSA) is 25.2 Å². The second-order valence-electron chi connectivity index (χ2n) is 5.51. The molecule has 0 aliphatic carbocycles. The largest absolute Gasteiger partial charge is 0.458 e. The van der Waals surface area contributed by atoms with Crippen LogP contribution in [0.5, 0.6) is 0 Å². The SMILES string of the molecule is CCNCc1oc2c(Cl)cc(C)cc2c1CC(C)C. The monoisotopic (exact) mass is 279 g/mol. The van der Waals surface area contributed by atoms with E-state index >= 15 is 0 Å². The molecule has 2 aromatic rings. The predicted octanol–water partition coefficient (Wildman–Crippen LogP) is 4.70. The number of nitrogens with one attached hydrogen (secondary N) is 1. The van der Waals surface area contributed by atoms with E-state index in [0.717, 1.165) is 30.9 Å². The number of rotatable bonds is 5. The zero-order valence-electron chi connectivity index (χ0n) is 12.1. The molecule has 3 heteroatoms. The average molecular weight is 280 g/mol. The molecule has 1 heterocycles. The molecule has 0 bridgehead atoms. The molecule has 1 aromatic heterocycles. The van der Waals surface area contributed by atoms with Crippen molar-refractivity contribution in [2.75, 3.05) is 6.54 Å². The summed E-state index contributed by atoms with van der Waals surface area (Å²) in [6.45, 7) is 10.3. The lowest BCUT2D eigenvalue weighted by atomic mass is 9.99. The second-order valence-corrected chi connectivity index (χ2v) is 5.91. The third-order valence-corrected chi connectivity index (χ3v) is 3.50. The van der Waals surface area contributed by atoms with Gasteiger partial charge in [0.2, 0.25) is 0 Å². The van der Waals surface area contributed by atoms with Gasteiger partial charge in [0, 0.05) is 10.9 Å². The van der Waals surface area contributed by atoms with Gasteiger partial charge in [-0.2, -0.15) is 0 Å². The smallest absolute Gasteiger partial charge is 0.153 e. The number of hydrogen-bond acceptors (Lipinski definition) is 2. The fourth-order valence-electron chi connectivity index (χ4n) is 2.41. The van der Waals surface area contributed by atoms with Crippen molar-refractivity contribution in [1.82, 2.24) is 5.32 Å². The molecule has 0 saturated carbocycles. The van der Waals surface area contributed by atoms with Gasteiger partial charge in [0.05, 0.1) is 11.6 Å². The summed E-state index contributed by atoms with van der Waals surface area (Å²) in [6.07, 6.45) is 1.02. The number of furan rings is 1. The molecule has 2 rings (SSSR count). The van der Waals surface area contributed by atoms with Gasteiger partial charge in [-0.25, -0.2) is 0 Å². The normalized spacial score (nSPS) is 11.7. The highest BCUT2D eigenvalue weighted by atomic mass is 35.5. The van der Waals surface area contributed by atoms with E-state index in [4.69, 9.17) is 16.0 Å². The fraction of sp³-hybridized carbons (Fsp3) is 0.500. The van der Waals surface area contributed by atoms with E-state index < -0.39 is 0 Å². The van der Waals surface area contributed by atoms with Crippen LogP contribution in [0.25, 0.3) is 11.0 Å². The Morgan fingerprint density at radius 1 is 1.32 bits per heavy atom. The van der Waals surface area contributed by atoms with E-state index in [9.17, 15) is 0 Å². The maximum absolute atomic E-state index is 6.30. The van der Waals surface area contributed by atoms with E-state index in [1.807, 2.05) is 6.07 Å². The molecule has 0 radical (unpaired) electrons. The van der Waals surface area contributed by atoms with Gasteiger partial charge in [-0.15, -0.1) is 0 Å². The van der Waals surface area contributed by atoms with Crippen molar-refractivity contribution < 1.29 is 4.42 Å². The van der Waals surface area contributed by atoms with Gasteiger partial charge in [-0.3, -0.25) is 0 Å². The van der Waals surface area contributed by atoms with Gasteiger partial charge >= 0.3 is 0 Å². The number of benzene rings is 1. The van der Waals surface area contributed by atoms with Crippen molar-refractivity contribution in [3.8, 4) is 0 Å². The Labute approximate surface area is 120 Å². The fourth-order valence-corrected chi connectivity index (χ4v) is 2.72. The maximum atomic E-state index is 6.30. The first-order chi connectivity index (χ1) is 9.02. The van der Waals surface area contributed by atoms with Crippen LogP contribution < -0.4 is 5.32 Å². The van der Waals surface area contributed by atoms with Crippen LogP contribution in [0, 0.1) is 12.8 Å². The molecule has 0 amide bonds. The summed E-state index contributed by atoms with van der Waals surface area (Å²) in [6, 6.07) is 4.14. The van der Waals surface area contributed by atoms with Crippen molar-refractivity contribution in [2.24, 2.45) is 5.92 Å². The molecular formula is C16H22ClNO. The van der Waals surface area contributed by atoms with Gasteiger partial charge < -0.3 is 9.73 Å². The summed E-state index contributed by atoms with van der Waals surface area (Å²) < 4.78 is 5.99. The molecule has 19 heavy (non-hydrogen) atoms. The lowest BCUT2D eigenvalue weighted by molar-refractivity contribution is 0.506. The van der Waals surface area contributed by atoms with Gasteiger partial charge in [0.1, 0.15) is 5.76 Å². The van der Waals surface area contributed by atoms with E-state index in [1.165, 1.54) is 16.5 Å². The Morgan fingerprint density at radius 3 is 2.68 bits per heavy atom. The first kappa shape index (κ1) is 14.4. The van der Waals surface area contributed by atoms with Crippen LogP contribution in [0.3, 0.4) is 0 Å². The highest BCUT2D eigenvalue weighted by molar-refractivity contribution is 6.35. The minimum Gasteiger partial charge on any atom is -0.458 e. The highest BCUT2D eigenvalue weighted by Gasteiger charge is 2.17. The van der Waals surface area contributed by atoms with Crippen LogP contribution in [-0.4, -0.2) is 6.54 Å². The van der Waals surface area contributed by atoms with Crippen molar-refractivity contribution in [3.05, 3.63) is 34.0 Å². The highest BCUT2D eigenvalue weighted by Crippen LogP contribution is 2.33. The number of hydrogen-bond donors (Lipinski definition) is 1. The molecule has 0 aliphatic heterocycles. The molecular weight excluding hydrogens is 258 g/mol. The molecule has 2 nitrogen and oxygen atoms in total. The number of halogens is 1.